The summed E-state index contributed by atoms with van der Waals surface area (Å²) in [6.07, 6.45) is 5.33. The van der Waals surface area contributed by atoms with E-state index < -0.39 is 0 Å². The van der Waals surface area contributed by atoms with Crippen LogP contribution in [0.3, 0.4) is 0 Å². The van der Waals surface area contributed by atoms with Gasteiger partial charge in [-0.2, -0.15) is 5.10 Å². The Kier molecular flexibility index (Phi) is 11.1. The van der Waals surface area contributed by atoms with Gasteiger partial charge in [-0.1, -0.05) is 60.5 Å². The molecule has 4 aromatic carbocycles. The number of rotatable bonds is 13. The zero-order chi connectivity index (χ0) is 36.2. The van der Waals surface area contributed by atoms with Crippen LogP contribution in [0.2, 0.25) is 5.02 Å². The van der Waals surface area contributed by atoms with Gasteiger partial charge in [-0.15, -0.1) is 11.8 Å². The van der Waals surface area contributed by atoms with Crippen molar-refractivity contribution in [3.05, 3.63) is 106 Å². The number of ether oxygens (including phenoxy) is 3. The molecule has 0 spiro atoms. The Morgan fingerprint density at radius 1 is 1.00 bits per heavy atom. The van der Waals surface area contributed by atoms with E-state index in [0.717, 1.165) is 98.4 Å². The highest BCUT2D eigenvalue weighted by Gasteiger charge is 2.29. The fraction of sp³-hybridized carbons (Fsp3) is 0.333. The molecule has 8 nitrogen and oxygen atoms in total. The second-order valence-electron chi connectivity index (χ2n) is 13.1. The van der Waals surface area contributed by atoms with Crippen LogP contribution in [0.25, 0.3) is 32.8 Å². The lowest BCUT2D eigenvalue weighted by molar-refractivity contribution is 0.0514. The Morgan fingerprint density at radius 3 is 2.62 bits per heavy atom. The number of hydrogen-bond donors (Lipinski definition) is 1. The van der Waals surface area contributed by atoms with Crippen LogP contribution in [0, 0.1) is 0 Å². The molecule has 0 fully saturated rings. The number of aliphatic hydroxyl groups is 1. The van der Waals surface area contributed by atoms with Crippen molar-refractivity contribution in [2.75, 3.05) is 20.3 Å². The van der Waals surface area contributed by atoms with E-state index in [1.54, 1.807) is 18.9 Å². The number of carbonyl (C=O) groups is 1. The molecule has 0 radical (unpaired) electrons. The van der Waals surface area contributed by atoms with E-state index in [1.807, 2.05) is 59.6 Å². The average Bonchev–Trinajstić information content (AvgIpc) is 3.54. The van der Waals surface area contributed by atoms with E-state index in [4.69, 9.17) is 30.9 Å². The summed E-state index contributed by atoms with van der Waals surface area (Å²) >= 11 is 8.80. The van der Waals surface area contributed by atoms with Crippen molar-refractivity contribution >= 4 is 51.0 Å². The van der Waals surface area contributed by atoms with E-state index >= 15 is 0 Å². The lowest BCUT2D eigenvalue weighted by Gasteiger charge is -2.13. The Morgan fingerprint density at radius 2 is 1.83 bits per heavy atom. The minimum atomic E-state index is -0.372. The molecule has 10 heteroatoms. The van der Waals surface area contributed by atoms with Crippen LogP contribution in [0.1, 0.15) is 65.6 Å². The van der Waals surface area contributed by atoms with E-state index in [2.05, 4.69) is 36.4 Å². The number of carbonyl (C=O) groups excluding carboxylic acids is 1. The molecule has 0 aliphatic carbocycles. The minimum Gasteiger partial charge on any atom is -0.497 e. The van der Waals surface area contributed by atoms with Crippen LogP contribution in [-0.4, -0.2) is 45.7 Å². The van der Waals surface area contributed by atoms with Gasteiger partial charge in [-0.25, -0.2) is 4.79 Å². The zero-order valence-corrected chi connectivity index (χ0v) is 31.5. The van der Waals surface area contributed by atoms with Gasteiger partial charge in [0.05, 0.1) is 43.2 Å². The molecule has 1 aliphatic rings. The first-order valence-electron chi connectivity index (χ1n) is 18.0. The number of aliphatic hydroxyl groups excluding tert-OH is 1. The number of esters is 1. The third-order valence-corrected chi connectivity index (χ3v) is 11.2. The van der Waals surface area contributed by atoms with Crippen molar-refractivity contribution in [1.82, 2.24) is 14.3 Å². The number of methoxy groups -OCH3 is 1. The van der Waals surface area contributed by atoms with Gasteiger partial charge in [0.2, 0.25) is 0 Å². The Balaban J connectivity index is 1.18. The molecule has 6 aromatic rings. The third-order valence-electron chi connectivity index (χ3n) is 9.88. The molecule has 0 saturated carbocycles. The largest absolute Gasteiger partial charge is 0.497 e. The van der Waals surface area contributed by atoms with Gasteiger partial charge in [-0.05, 0) is 85.9 Å². The average molecular weight is 738 g/mol. The van der Waals surface area contributed by atoms with Crippen LogP contribution >= 0.6 is 23.4 Å². The van der Waals surface area contributed by atoms with Gasteiger partial charge in [0, 0.05) is 51.8 Å². The molecule has 0 unspecified atom stereocenters. The maximum Gasteiger partial charge on any atom is 0.355 e. The first-order valence-corrected chi connectivity index (χ1v) is 19.4. The molecule has 0 amide bonds. The lowest BCUT2D eigenvalue weighted by atomic mass is 9.96. The summed E-state index contributed by atoms with van der Waals surface area (Å²) in [6, 6.07) is 24.7. The normalized spacial score (nSPS) is 12.9. The highest BCUT2D eigenvalue weighted by molar-refractivity contribution is 7.98. The molecular weight excluding hydrogens is 694 g/mol. The number of thioether (sulfide) groups is 1. The van der Waals surface area contributed by atoms with Gasteiger partial charge in [0.25, 0.3) is 0 Å². The first kappa shape index (κ1) is 35.9. The van der Waals surface area contributed by atoms with E-state index in [9.17, 15) is 9.90 Å². The summed E-state index contributed by atoms with van der Waals surface area (Å²) in [7, 11) is 3.58. The van der Waals surface area contributed by atoms with Crippen molar-refractivity contribution in [1.29, 1.82) is 0 Å². The molecule has 270 valence electrons. The summed E-state index contributed by atoms with van der Waals surface area (Å²) in [5, 5.41) is 18.9. The van der Waals surface area contributed by atoms with Crippen molar-refractivity contribution in [3.63, 3.8) is 0 Å². The van der Waals surface area contributed by atoms with E-state index in [-0.39, 0.29) is 19.2 Å². The zero-order valence-electron chi connectivity index (χ0n) is 29.9. The van der Waals surface area contributed by atoms with Gasteiger partial charge in [-0.3, -0.25) is 4.68 Å². The van der Waals surface area contributed by atoms with Gasteiger partial charge >= 0.3 is 5.97 Å². The molecule has 1 aliphatic heterocycles. The summed E-state index contributed by atoms with van der Waals surface area (Å²) in [6.45, 7) is 3.15. The summed E-state index contributed by atoms with van der Waals surface area (Å²) in [5.74, 6) is 2.14. The number of benzene rings is 4. The van der Waals surface area contributed by atoms with Gasteiger partial charge < -0.3 is 23.9 Å². The molecular formula is C42H44ClN3O5S. The molecule has 0 bridgehead atoms. The number of hydrogen-bond acceptors (Lipinski definition) is 7. The fourth-order valence-corrected chi connectivity index (χ4v) is 8.62. The van der Waals surface area contributed by atoms with Crippen LogP contribution in [0.15, 0.2) is 77.7 Å². The van der Waals surface area contributed by atoms with Gasteiger partial charge in [0.15, 0.2) is 0 Å². The minimum absolute atomic E-state index is 0.197. The van der Waals surface area contributed by atoms with Gasteiger partial charge in [0.1, 0.15) is 17.2 Å². The monoisotopic (exact) mass is 737 g/mol. The Labute approximate surface area is 313 Å². The van der Waals surface area contributed by atoms with Crippen LogP contribution in [-0.2, 0) is 43.5 Å². The van der Waals surface area contributed by atoms with Crippen LogP contribution in [0.5, 0.6) is 11.5 Å². The third kappa shape index (κ3) is 7.14. The number of aryl methyl sites for hydroxylation is 3. The quantitative estimate of drug-likeness (QED) is 0.0718. The van der Waals surface area contributed by atoms with Crippen molar-refractivity contribution in [2.45, 2.75) is 69.2 Å². The molecule has 0 saturated heterocycles. The molecule has 3 heterocycles. The smallest absolute Gasteiger partial charge is 0.355 e. The summed E-state index contributed by atoms with van der Waals surface area (Å²) < 4.78 is 21.4. The highest BCUT2D eigenvalue weighted by atomic mass is 35.5. The van der Waals surface area contributed by atoms with Crippen molar-refractivity contribution in [2.24, 2.45) is 7.05 Å². The van der Waals surface area contributed by atoms with Crippen molar-refractivity contribution in [3.8, 4) is 22.6 Å². The topological polar surface area (TPSA) is 87.7 Å². The van der Waals surface area contributed by atoms with E-state index in [0.29, 0.717) is 35.9 Å². The molecule has 0 atom stereocenters. The Bertz CT molecular complexity index is 2230. The maximum atomic E-state index is 13.6. The number of nitrogens with zero attached hydrogens (tertiary/aromatic N) is 3. The molecule has 2 aromatic heterocycles. The van der Waals surface area contributed by atoms with Crippen LogP contribution < -0.4 is 9.47 Å². The number of aromatic nitrogens is 3. The van der Waals surface area contributed by atoms with Crippen LogP contribution in [0.4, 0.5) is 0 Å². The summed E-state index contributed by atoms with van der Waals surface area (Å²) in [5.41, 5.74) is 6.84. The fourth-order valence-electron chi connectivity index (χ4n) is 7.44. The highest BCUT2D eigenvalue weighted by Crippen LogP contribution is 2.43. The van der Waals surface area contributed by atoms with Crippen molar-refractivity contribution < 1.29 is 24.1 Å². The number of halogens is 1. The molecule has 52 heavy (non-hydrogen) atoms. The standard InChI is InChI=1S/C42H44ClN3O5S/c1-4-50-42(48)41-32(33-19-20-34(43)38(40(33)45(41)2)39-35(25-47)44-46-21-9-5-6-14-36(39)46)13-10-22-51-37-24-30(23-28-11-7-8-12-31(28)37)52-26-27-15-17-29(49-3)18-16-27/h7-8,11-12,15-20,23-24,47H,4-6,9-10,13-14,21-22,25-26H2,1-3H3. The second-order valence-corrected chi connectivity index (χ2v) is 14.6. The van der Waals surface area contributed by atoms with E-state index in [1.165, 1.54) is 5.56 Å². The predicted molar refractivity (Wildman–Crippen MR) is 209 cm³/mol. The summed E-state index contributed by atoms with van der Waals surface area (Å²) in [4.78, 5) is 14.7. The SMILES string of the molecule is CCOC(=O)c1c(CCCOc2cc(SCc3ccc(OC)cc3)cc3ccccc23)c2ccc(Cl)c(-c3c(CO)nn4c3CCCCC4)c2n1C. The Hall–Kier alpha value is -4.44. The molecule has 7 rings (SSSR count). The second kappa shape index (κ2) is 16.1. The molecule has 1 N–H and O–H groups in total. The lowest BCUT2D eigenvalue weighted by Crippen LogP contribution is -2.13. The number of fused-ring (bicyclic) bond motifs is 3. The maximum absolute atomic E-state index is 13.6. The predicted octanol–water partition coefficient (Wildman–Crippen LogP) is 9.56. The first-order chi connectivity index (χ1) is 25.4.